The van der Waals surface area contributed by atoms with E-state index in [1.807, 2.05) is 62.4 Å². The van der Waals surface area contributed by atoms with Crippen LogP contribution in [-0.2, 0) is 0 Å². The number of nitrogens with zero attached hydrogens (tertiary/aromatic N) is 2. The lowest BCUT2D eigenvalue weighted by molar-refractivity contribution is 0.101. The molecule has 1 unspecified atom stereocenters. The first-order chi connectivity index (χ1) is 16.0. The molecule has 1 atom stereocenters. The van der Waals surface area contributed by atoms with Crippen molar-refractivity contribution < 1.29 is 9.18 Å². The number of amides is 1. The lowest BCUT2D eigenvalue weighted by Crippen LogP contribution is -2.17. The molecule has 0 fully saturated rings. The fraction of sp³-hybridized carbons (Fsp3) is 0.115. The van der Waals surface area contributed by atoms with E-state index in [4.69, 9.17) is 0 Å². The number of halogens is 1. The molecule has 164 valence electrons. The Hall–Kier alpha value is -4.44. The van der Waals surface area contributed by atoms with Crippen molar-refractivity contribution in [3.05, 3.63) is 101 Å². The Morgan fingerprint density at radius 2 is 1.88 bits per heavy atom. The van der Waals surface area contributed by atoms with Crippen LogP contribution in [0.2, 0.25) is 0 Å². The smallest absolute Gasteiger partial charge is 0.291 e. The van der Waals surface area contributed by atoms with Crippen LogP contribution in [0.3, 0.4) is 0 Å². The third-order valence-electron chi connectivity index (χ3n) is 5.44. The largest absolute Gasteiger partial charge is 0.377 e. The van der Waals surface area contributed by atoms with Gasteiger partial charge in [0, 0.05) is 24.0 Å². The summed E-state index contributed by atoms with van der Waals surface area (Å²) in [5, 5.41) is 15.7. The van der Waals surface area contributed by atoms with E-state index in [2.05, 4.69) is 20.6 Å². The number of imidazole rings is 1. The summed E-state index contributed by atoms with van der Waals surface area (Å²) in [4.78, 5) is 19.3. The van der Waals surface area contributed by atoms with E-state index < -0.39 is 5.82 Å². The molecule has 1 heterocycles. The molecule has 1 amide bonds. The highest BCUT2D eigenvalue weighted by Gasteiger charge is 2.16. The van der Waals surface area contributed by atoms with Crippen LogP contribution in [0.5, 0.6) is 0 Å². The summed E-state index contributed by atoms with van der Waals surface area (Å²) >= 11 is 0. The lowest BCUT2D eigenvalue weighted by Gasteiger charge is -2.20. The number of carbonyl (C=O) groups excluding carboxylic acids is 1. The fourth-order valence-corrected chi connectivity index (χ4v) is 3.66. The molecule has 0 aliphatic carbocycles. The van der Waals surface area contributed by atoms with Crippen molar-refractivity contribution in [1.82, 2.24) is 9.97 Å². The molecule has 0 spiro atoms. The van der Waals surface area contributed by atoms with Gasteiger partial charge in [-0.05, 0) is 42.7 Å². The minimum atomic E-state index is -0.530. The number of benzene rings is 3. The van der Waals surface area contributed by atoms with E-state index in [0.29, 0.717) is 11.3 Å². The normalized spacial score (nSPS) is 11.5. The van der Waals surface area contributed by atoms with Gasteiger partial charge in [-0.25, -0.2) is 9.37 Å². The standard InChI is InChI=1S/C26H22FN5O/c1-16-5-3-8-23(24(16)32-26(33)25-29-13-14-30-25)31-17(2)18-9-11-19(12-10-18)20-6-4-7-22(27)21(20)15-28/h3-14,17,31H,1-2H3,(H,29,30)(H,32,33). The summed E-state index contributed by atoms with van der Waals surface area (Å²) in [6.07, 6.45) is 3.13. The van der Waals surface area contributed by atoms with Gasteiger partial charge in [-0.3, -0.25) is 4.79 Å². The number of para-hydroxylation sites is 1. The average Bonchev–Trinajstić information content (AvgIpc) is 3.36. The number of nitriles is 1. The molecule has 6 nitrogen and oxygen atoms in total. The van der Waals surface area contributed by atoms with Crippen molar-refractivity contribution in [3.63, 3.8) is 0 Å². The quantitative estimate of drug-likeness (QED) is 0.353. The van der Waals surface area contributed by atoms with Crippen LogP contribution < -0.4 is 10.6 Å². The highest BCUT2D eigenvalue weighted by Crippen LogP contribution is 2.31. The predicted octanol–water partition coefficient (Wildman–Crippen LogP) is 5.82. The summed E-state index contributed by atoms with van der Waals surface area (Å²) in [5.41, 5.74) is 4.74. The minimum Gasteiger partial charge on any atom is -0.377 e. The maximum atomic E-state index is 14.0. The first-order valence-corrected chi connectivity index (χ1v) is 10.4. The number of nitrogens with one attached hydrogen (secondary N) is 3. The molecular weight excluding hydrogens is 417 g/mol. The number of aryl methyl sites for hydroxylation is 1. The zero-order valence-electron chi connectivity index (χ0n) is 18.2. The minimum absolute atomic E-state index is 0.0353. The Bertz CT molecular complexity index is 1320. The highest BCUT2D eigenvalue weighted by atomic mass is 19.1. The van der Waals surface area contributed by atoms with E-state index >= 15 is 0 Å². The Morgan fingerprint density at radius 1 is 1.12 bits per heavy atom. The van der Waals surface area contributed by atoms with Gasteiger partial charge < -0.3 is 15.6 Å². The summed E-state index contributed by atoms with van der Waals surface area (Å²) in [7, 11) is 0. The van der Waals surface area contributed by atoms with Crippen LogP contribution in [-0.4, -0.2) is 15.9 Å². The Labute approximate surface area is 191 Å². The number of H-pyrrole nitrogens is 1. The predicted molar refractivity (Wildman–Crippen MR) is 126 cm³/mol. The van der Waals surface area contributed by atoms with Gasteiger partial charge in [0.15, 0.2) is 5.82 Å². The van der Waals surface area contributed by atoms with Gasteiger partial charge in [-0.15, -0.1) is 0 Å². The Kier molecular flexibility index (Phi) is 6.18. The van der Waals surface area contributed by atoms with Gasteiger partial charge >= 0.3 is 0 Å². The molecule has 33 heavy (non-hydrogen) atoms. The van der Waals surface area contributed by atoms with Gasteiger partial charge in [-0.1, -0.05) is 48.5 Å². The number of carbonyl (C=O) groups is 1. The van der Waals surface area contributed by atoms with Crippen LogP contribution in [0.15, 0.2) is 73.1 Å². The number of hydrogen-bond donors (Lipinski definition) is 3. The molecule has 0 aliphatic heterocycles. The number of aromatic amines is 1. The van der Waals surface area contributed by atoms with Gasteiger partial charge in [0.2, 0.25) is 0 Å². The maximum absolute atomic E-state index is 14.0. The summed E-state index contributed by atoms with van der Waals surface area (Å²) in [6.45, 7) is 3.94. The van der Waals surface area contributed by atoms with Crippen LogP contribution in [0.25, 0.3) is 11.1 Å². The van der Waals surface area contributed by atoms with E-state index in [-0.39, 0.29) is 23.3 Å². The third-order valence-corrected chi connectivity index (χ3v) is 5.44. The van der Waals surface area contributed by atoms with Crippen molar-refractivity contribution >= 4 is 17.3 Å². The molecular formula is C26H22FN5O. The first kappa shape index (κ1) is 21.8. The number of rotatable bonds is 6. The topological polar surface area (TPSA) is 93.6 Å². The van der Waals surface area contributed by atoms with Crippen molar-refractivity contribution in [2.24, 2.45) is 0 Å². The molecule has 4 rings (SSSR count). The van der Waals surface area contributed by atoms with E-state index in [9.17, 15) is 14.4 Å². The van der Waals surface area contributed by atoms with Crippen molar-refractivity contribution in [2.75, 3.05) is 10.6 Å². The third kappa shape index (κ3) is 4.60. The molecule has 3 N–H and O–H groups in total. The second-order valence-electron chi connectivity index (χ2n) is 7.65. The molecule has 1 aromatic heterocycles. The van der Waals surface area contributed by atoms with E-state index in [1.165, 1.54) is 12.3 Å². The number of aromatic nitrogens is 2. The van der Waals surface area contributed by atoms with Gasteiger partial charge in [0.1, 0.15) is 11.9 Å². The monoisotopic (exact) mass is 439 g/mol. The summed E-state index contributed by atoms with van der Waals surface area (Å²) in [6, 6.07) is 19.9. The van der Waals surface area contributed by atoms with Gasteiger partial charge in [0.05, 0.1) is 16.9 Å². The van der Waals surface area contributed by atoms with E-state index in [0.717, 1.165) is 22.4 Å². The lowest BCUT2D eigenvalue weighted by atomic mass is 9.97. The van der Waals surface area contributed by atoms with Gasteiger partial charge in [0.25, 0.3) is 5.91 Å². The van der Waals surface area contributed by atoms with Crippen molar-refractivity contribution in [3.8, 4) is 17.2 Å². The van der Waals surface area contributed by atoms with E-state index in [1.54, 1.807) is 18.3 Å². The molecule has 0 bridgehead atoms. The molecule has 7 heteroatoms. The van der Waals surface area contributed by atoms with Crippen LogP contribution >= 0.6 is 0 Å². The SMILES string of the molecule is Cc1cccc(NC(C)c2ccc(-c3cccc(F)c3C#N)cc2)c1NC(=O)c1ncc[nH]1. The van der Waals surface area contributed by atoms with Crippen molar-refractivity contribution in [2.45, 2.75) is 19.9 Å². The summed E-state index contributed by atoms with van der Waals surface area (Å²) < 4.78 is 14.0. The molecule has 4 aromatic rings. The molecule has 0 saturated carbocycles. The van der Waals surface area contributed by atoms with Crippen LogP contribution in [0.4, 0.5) is 15.8 Å². The van der Waals surface area contributed by atoms with Gasteiger partial charge in [-0.2, -0.15) is 5.26 Å². The number of hydrogen-bond acceptors (Lipinski definition) is 4. The number of anilines is 2. The van der Waals surface area contributed by atoms with Crippen LogP contribution in [0, 0.1) is 24.1 Å². The second kappa shape index (κ2) is 9.37. The summed E-state index contributed by atoms with van der Waals surface area (Å²) in [5.74, 6) is -0.614. The zero-order valence-corrected chi connectivity index (χ0v) is 18.2. The molecule has 0 radical (unpaired) electrons. The average molecular weight is 439 g/mol. The Balaban J connectivity index is 1.55. The fourth-order valence-electron chi connectivity index (χ4n) is 3.66. The zero-order chi connectivity index (χ0) is 23.4. The molecule has 0 saturated heterocycles. The Morgan fingerprint density at radius 3 is 2.58 bits per heavy atom. The first-order valence-electron chi connectivity index (χ1n) is 10.4. The molecule has 3 aromatic carbocycles. The highest BCUT2D eigenvalue weighted by molar-refractivity contribution is 6.04. The second-order valence-corrected chi connectivity index (χ2v) is 7.65. The molecule has 0 aliphatic rings. The van der Waals surface area contributed by atoms with Crippen molar-refractivity contribution in [1.29, 1.82) is 5.26 Å². The van der Waals surface area contributed by atoms with Crippen LogP contribution in [0.1, 0.15) is 40.3 Å². The maximum Gasteiger partial charge on any atom is 0.291 e.